The molecule has 1 aliphatic rings. The Morgan fingerprint density at radius 2 is 1.53 bits per heavy atom. The van der Waals surface area contributed by atoms with Crippen LogP contribution >= 0.6 is 0 Å². The Hall–Kier alpha value is -0.0800. The zero-order valence-corrected chi connectivity index (χ0v) is 11.0. The molecule has 1 saturated heterocycles. The molecule has 1 aliphatic heterocycles. The van der Waals surface area contributed by atoms with Gasteiger partial charge in [-0.15, -0.1) is 0 Å². The lowest BCUT2D eigenvalue weighted by molar-refractivity contribution is -0.336. The van der Waals surface area contributed by atoms with E-state index in [9.17, 15) is 5.11 Å². The molecule has 0 radical (unpaired) electrons. The minimum absolute atomic E-state index is 0.143. The van der Waals surface area contributed by atoms with Gasteiger partial charge in [-0.1, -0.05) is 34.6 Å². The maximum atomic E-state index is 10.3. The first-order chi connectivity index (χ1) is 6.80. The summed E-state index contributed by atoms with van der Waals surface area (Å²) in [6.07, 6.45) is 1.94. The molecule has 2 heteroatoms. The van der Waals surface area contributed by atoms with E-state index in [1.54, 1.807) is 6.92 Å². The summed E-state index contributed by atoms with van der Waals surface area (Å²) in [7, 11) is 0. The standard InChI is InChI=1S/C13H26O2/c1-7-13(8-2)11(5)9(3)10(4)12(6,14)15-13/h9-11,14H,7-8H2,1-6H3/t9-,10?,11+,12?/m1/s1. The first kappa shape index (κ1) is 13.0. The van der Waals surface area contributed by atoms with Gasteiger partial charge in [0.25, 0.3) is 0 Å². The number of hydrogen-bond acceptors (Lipinski definition) is 2. The SMILES string of the molecule is CCC1(CC)OC(C)(O)C(C)[C@@H](C)[C@@H]1C. The zero-order chi connectivity index (χ0) is 11.9. The van der Waals surface area contributed by atoms with Crippen LogP contribution in [0.5, 0.6) is 0 Å². The Labute approximate surface area is 94.0 Å². The van der Waals surface area contributed by atoms with Crippen molar-refractivity contribution in [3.8, 4) is 0 Å². The molecular formula is C13H26O2. The summed E-state index contributed by atoms with van der Waals surface area (Å²) in [6.45, 7) is 12.7. The van der Waals surface area contributed by atoms with Gasteiger partial charge in [-0.25, -0.2) is 0 Å². The molecule has 1 heterocycles. The molecule has 0 spiro atoms. The van der Waals surface area contributed by atoms with E-state index in [0.29, 0.717) is 11.8 Å². The molecule has 4 atom stereocenters. The number of aliphatic hydroxyl groups is 1. The molecule has 1 rings (SSSR count). The van der Waals surface area contributed by atoms with E-state index in [0.717, 1.165) is 12.8 Å². The first-order valence-electron chi connectivity index (χ1n) is 6.23. The van der Waals surface area contributed by atoms with Gasteiger partial charge in [-0.2, -0.15) is 0 Å². The molecule has 90 valence electrons. The van der Waals surface area contributed by atoms with Crippen LogP contribution in [0.3, 0.4) is 0 Å². The summed E-state index contributed by atoms with van der Waals surface area (Å²) in [5, 5.41) is 10.3. The lowest BCUT2D eigenvalue weighted by Gasteiger charge is -2.54. The van der Waals surface area contributed by atoms with Gasteiger partial charge in [0.1, 0.15) is 0 Å². The second-order valence-electron chi connectivity index (χ2n) is 5.37. The third-order valence-electron chi connectivity index (χ3n) is 4.86. The second-order valence-corrected chi connectivity index (χ2v) is 5.37. The highest BCUT2D eigenvalue weighted by atomic mass is 16.6. The largest absolute Gasteiger partial charge is 0.365 e. The summed E-state index contributed by atoms with van der Waals surface area (Å²) in [5.41, 5.74) is -0.143. The fourth-order valence-corrected chi connectivity index (χ4v) is 3.04. The normalized spacial score (nSPS) is 45.4. The van der Waals surface area contributed by atoms with Gasteiger partial charge in [0.2, 0.25) is 0 Å². The van der Waals surface area contributed by atoms with Crippen molar-refractivity contribution >= 4 is 0 Å². The molecule has 0 aromatic carbocycles. The summed E-state index contributed by atoms with van der Waals surface area (Å²) >= 11 is 0. The summed E-state index contributed by atoms with van der Waals surface area (Å²) in [4.78, 5) is 0. The molecule has 0 aliphatic carbocycles. The Morgan fingerprint density at radius 1 is 1.07 bits per heavy atom. The Kier molecular flexibility index (Phi) is 3.52. The van der Waals surface area contributed by atoms with Crippen molar-refractivity contribution < 1.29 is 9.84 Å². The molecule has 1 N–H and O–H groups in total. The van der Waals surface area contributed by atoms with Crippen LogP contribution in [0, 0.1) is 17.8 Å². The van der Waals surface area contributed by atoms with Gasteiger partial charge in [-0.05, 0) is 31.6 Å². The molecular weight excluding hydrogens is 188 g/mol. The lowest BCUT2D eigenvalue weighted by atomic mass is 9.67. The van der Waals surface area contributed by atoms with E-state index < -0.39 is 5.79 Å². The van der Waals surface area contributed by atoms with Crippen LogP contribution in [0.15, 0.2) is 0 Å². The molecule has 1 fully saturated rings. The Balaban J connectivity index is 3.02. The predicted octanol–water partition coefficient (Wildman–Crippen LogP) is 3.19. The highest BCUT2D eigenvalue weighted by Crippen LogP contribution is 2.48. The van der Waals surface area contributed by atoms with Crippen molar-refractivity contribution in [2.24, 2.45) is 17.8 Å². The average molecular weight is 214 g/mol. The van der Waals surface area contributed by atoms with Gasteiger partial charge >= 0.3 is 0 Å². The van der Waals surface area contributed by atoms with E-state index in [-0.39, 0.29) is 11.5 Å². The molecule has 0 aromatic rings. The fraction of sp³-hybridized carbons (Fsp3) is 1.00. The van der Waals surface area contributed by atoms with E-state index in [2.05, 4.69) is 34.6 Å². The van der Waals surface area contributed by atoms with Crippen LogP contribution < -0.4 is 0 Å². The van der Waals surface area contributed by atoms with Crippen LogP contribution in [-0.2, 0) is 4.74 Å². The Bertz CT molecular complexity index is 219. The van der Waals surface area contributed by atoms with Crippen molar-refractivity contribution in [3.05, 3.63) is 0 Å². The van der Waals surface area contributed by atoms with Gasteiger partial charge < -0.3 is 9.84 Å². The van der Waals surface area contributed by atoms with E-state index >= 15 is 0 Å². The monoisotopic (exact) mass is 214 g/mol. The summed E-state index contributed by atoms with van der Waals surface area (Å²) in [6, 6.07) is 0. The third-order valence-corrected chi connectivity index (χ3v) is 4.86. The molecule has 0 aromatic heterocycles. The minimum atomic E-state index is -0.974. The first-order valence-corrected chi connectivity index (χ1v) is 6.23. The smallest absolute Gasteiger partial charge is 0.166 e. The van der Waals surface area contributed by atoms with Crippen LogP contribution in [0.4, 0.5) is 0 Å². The second kappa shape index (κ2) is 4.06. The summed E-state index contributed by atoms with van der Waals surface area (Å²) < 4.78 is 6.01. The average Bonchev–Trinajstić information content (AvgIpc) is 2.21. The topological polar surface area (TPSA) is 29.5 Å². The van der Waals surface area contributed by atoms with Crippen LogP contribution in [-0.4, -0.2) is 16.5 Å². The van der Waals surface area contributed by atoms with Gasteiger partial charge in [0.15, 0.2) is 5.79 Å². The van der Waals surface area contributed by atoms with Crippen molar-refractivity contribution in [3.63, 3.8) is 0 Å². The highest BCUT2D eigenvalue weighted by molar-refractivity contribution is 4.96. The molecule has 2 nitrogen and oxygen atoms in total. The fourth-order valence-electron chi connectivity index (χ4n) is 3.04. The zero-order valence-electron chi connectivity index (χ0n) is 11.0. The summed E-state index contributed by atoms with van der Waals surface area (Å²) in [5.74, 6) is 0.216. The molecule has 0 amide bonds. The van der Waals surface area contributed by atoms with Crippen molar-refractivity contribution in [2.75, 3.05) is 0 Å². The molecule has 15 heavy (non-hydrogen) atoms. The minimum Gasteiger partial charge on any atom is -0.365 e. The highest BCUT2D eigenvalue weighted by Gasteiger charge is 2.51. The molecule has 2 unspecified atom stereocenters. The van der Waals surface area contributed by atoms with E-state index in [1.807, 2.05) is 0 Å². The Morgan fingerprint density at radius 3 is 1.93 bits per heavy atom. The van der Waals surface area contributed by atoms with Crippen LogP contribution in [0.25, 0.3) is 0 Å². The van der Waals surface area contributed by atoms with Gasteiger partial charge in [0.05, 0.1) is 5.60 Å². The van der Waals surface area contributed by atoms with E-state index in [4.69, 9.17) is 4.74 Å². The predicted molar refractivity (Wildman–Crippen MR) is 62.5 cm³/mol. The molecule has 0 saturated carbocycles. The van der Waals surface area contributed by atoms with Crippen LogP contribution in [0.1, 0.15) is 54.4 Å². The van der Waals surface area contributed by atoms with Crippen molar-refractivity contribution in [1.29, 1.82) is 0 Å². The van der Waals surface area contributed by atoms with Gasteiger partial charge in [-0.3, -0.25) is 0 Å². The number of ether oxygens (including phenoxy) is 1. The maximum absolute atomic E-state index is 10.3. The van der Waals surface area contributed by atoms with E-state index in [1.165, 1.54) is 0 Å². The quantitative estimate of drug-likeness (QED) is 0.765. The molecule has 0 bridgehead atoms. The number of hydrogen-bond donors (Lipinski definition) is 1. The number of rotatable bonds is 2. The van der Waals surface area contributed by atoms with Crippen molar-refractivity contribution in [1.82, 2.24) is 0 Å². The van der Waals surface area contributed by atoms with Gasteiger partial charge in [0, 0.05) is 5.92 Å². The third kappa shape index (κ3) is 1.94. The van der Waals surface area contributed by atoms with Crippen molar-refractivity contribution in [2.45, 2.75) is 65.8 Å². The lowest BCUT2D eigenvalue weighted by Crippen LogP contribution is -2.58. The maximum Gasteiger partial charge on any atom is 0.166 e. The van der Waals surface area contributed by atoms with Crippen LogP contribution in [0.2, 0.25) is 0 Å².